The fourth-order valence-corrected chi connectivity index (χ4v) is 0.747. The highest BCUT2D eigenvalue weighted by Gasteiger charge is 1.78. The average Bonchev–Trinajstić information content (AvgIpc) is 1.89. The Labute approximate surface area is 54.5 Å². The summed E-state index contributed by atoms with van der Waals surface area (Å²) in [5, 5.41) is 0. The zero-order valence-corrected chi connectivity index (χ0v) is 5.70. The van der Waals surface area contributed by atoms with Gasteiger partial charge in [0.05, 0.1) is 0 Å². The summed E-state index contributed by atoms with van der Waals surface area (Å²) < 4.78 is 1.97. The van der Waals surface area contributed by atoms with Gasteiger partial charge < -0.3 is 4.57 Å². The molecule has 48 valence electrons. The standard InChI is InChI=1S/C7H10N2/c1-8-7-5-3-4-6-9(7)2/h3-6H,1-2H3. The zero-order chi connectivity index (χ0) is 6.69. The molecule has 1 rings (SSSR count). The Balaban J connectivity index is 3.33. The van der Waals surface area contributed by atoms with Crippen molar-refractivity contribution in [1.82, 2.24) is 4.57 Å². The quantitative estimate of drug-likeness (QED) is 0.478. The van der Waals surface area contributed by atoms with Gasteiger partial charge in [0.1, 0.15) is 5.49 Å². The third kappa shape index (κ3) is 1.19. The van der Waals surface area contributed by atoms with Gasteiger partial charge in [0.25, 0.3) is 0 Å². The zero-order valence-electron chi connectivity index (χ0n) is 5.70. The first-order chi connectivity index (χ1) is 4.34. The lowest BCUT2D eigenvalue weighted by molar-refractivity contribution is 0.828. The summed E-state index contributed by atoms with van der Waals surface area (Å²) in [7, 11) is 3.76. The third-order valence-electron chi connectivity index (χ3n) is 1.26. The van der Waals surface area contributed by atoms with Crippen LogP contribution in [0.15, 0.2) is 29.4 Å². The number of hydrogen-bond donors (Lipinski definition) is 0. The summed E-state index contributed by atoms with van der Waals surface area (Å²) in [5.74, 6) is 0. The van der Waals surface area contributed by atoms with Gasteiger partial charge in [-0.2, -0.15) is 0 Å². The van der Waals surface area contributed by atoms with Crippen LogP contribution in [-0.4, -0.2) is 11.6 Å². The van der Waals surface area contributed by atoms with E-state index in [1.165, 1.54) is 0 Å². The van der Waals surface area contributed by atoms with Crippen molar-refractivity contribution < 1.29 is 0 Å². The Morgan fingerprint density at radius 1 is 1.44 bits per heavy atom. The first-order valence-electron chi connectivity index (χ1n) is 2.89. The van der Waals surface area contributed by atoms with E-state index < -0.39 is 0 Å². The van der Waals surface area contributed by atoms with E-state index in [-0.39, 0.29) is 0 Å². The molecular weight excluding hydrogens is 112 g/mol. The predicted octanol–water partition coefficient (Wildman–Crippen LogP) is 0.556. The van der Waals surface area contributed by atoms with Crippen LogP contribution in [0, 0.1) is 0 Å². The van der Waals surface area contributed by atoms with E-state index in [2.05, 4.69) is 4.99 Å². The molecule has 0 bridgehead atoms. The van der Waals surface area contributed by atoms with Crippen LogP contribution in [0.5, 0.6) is 0 Å². The summed E-state index contributed by atoms with van der Waals surface area (Å²) in [6.07, 6.45) is 1.97. The topological polar surface area (TPSA) is 17.3 Å². The fraction of sp³-hybridized carbons (Fsp3) is 0.286. The monoisotopic (exact) mass is 122 g/mol. The van der Waals surface area contributed by atoms with Gasteiger partial charge >= 0.3 is 0 Å². The Morgan fingerprint density at radius 3 is 2.67 bits per heavy atom. The maximum atomic E-state index is 4.03. The van der Waals surface area contributed by atoms with Crippen molar-refractivity contribution in [2.24, 2.45) is 12.0 Å². The molecule has 0 N–H and O–H groups in total. The van der Waals surface area contributed by atoms with Crippen LogP contribution < -0.4 is 5.49 Å². The molecule has 0 aromatic carbocycles. The second-order valence-electron chi connectivity index (χ2n) is 1.89. The SMILES string of the molecule is CN=c1ccccn1C. The molecule has 0 aliphatic rings. The van der Waals surface area contributed by atoms with Gasteiger partial charge in [0.2, 0.25) is 0 Å². The van der Waals surface area contributed by atoms with Gasteiger partial charge in [-0.3, -0.25) is 4.99 Å². The van der Waals surface area contributed by atoms with E-state index in [9.17, 15) is 0 Å². The van der Waals surface area contributed by atoms with Crippen molar-refractivity contribution in [2.75, 3.05) is 7.05 Å². The van der Waals surface area contributed by atoms with Crippen molar-refractivity contribution >= 4 is 0 Å². The molecule has 0 atom stereocenters. The molecule has 0 aliphatic carbocycles. The Bertz CT molecular complexity index is 247. The highest BCUT2D eigenvalue weighted by atomic mass is 15.0. The van der Waals surface area contributed by atoms with Crippen LogP contribution in [-0.2, 0) is 7.05 Å². The van der Waals surface area contributed by atoms with Crippen LogP contribution in [0.4, 0.5) is 0 Å². The molecule has 0 amide bonds. The van der Waals surface area contributed by atoms with Crippen LogP contribution in [0.2, 0.25) is 0 Å². The van der Waals surface area contributed by atoms with E-state index >= 15 is 0 Å². The number of aryl methyl sites for hydroxylation is 1. The minimum atomic E-state index is 0.998. The highest BCUT2D eigenvalue weighted by molar-refractivity contribution is 4.91. The minimum absolute atomic E-state index is 0.998. The third-order valence-corrected chi connectivity index (χ3v) is 1.26. The van der Waals surface area contributed by atoms with E-state index in [0.29, 0.717) is 0 Å². The molecule has 0 saturated carbocycles. The summed E-state index contributed by atoms with van der Waals surface area (Å²) in [4.78, 5) is 4.03. The first-order valence-corrected chi connectivity index (χ1v) is 2.89. The number of aromatic nitrogens is 1. The molecule has 1 aromatic heterocycles. The molecule has 1 heterocycles. The summed E-state index contributed by atoms with van der Waals surface area (Å²) in [5.41, 5.74) is 0.998. The Hall–Kier alpha value is -1.05. The van der Waals surface area contributed by atoms with E-state index in [1.807, 2.05) is 36.0 Å². The molecule has 1 aromatic rings. The lowest BCUT2D eigenvalue weighted by Crippen LogP contribution is -2.14. The molecule has 0 saturated heterocycles. The second-order valence-corrected chi connectivity index (χ2v) is 1.89. The van der Waals surface area contributed by atoms with Crippen molar-refractivity contribution in [3.63, 3.8) is 0 Å². The summed E-state index contributed by atoms with van der Waals surface area (Å²) >= 11 is 0. The molecular formula is C7H10N2. The van der Waals surface area contributed by atoms with Crippen LogP contribution in [0.25, 0.3) is 0 Å². The maximum absolute atomic E-state index is 4.03. The number of nitrogens with zero attached hydrogens (tertiary/aromatic N) is 2. The van der Waals surface area contributed by atoms with Gasteiger partial charge in [0, 0.05) is 20.3 Å². The first kappa shape index (κ1) is 6.08. The maximum Gasteiger partial charge on any atom is 0.126 e. The molecule has 2 heteroatoms. The van der Waals surface area contributed by atoms with E-state index in [4.69, 9.17) is 0 Å². The van der Waals surface area contributed by atoms with Gasteiger partial charge in [-0.05, 0) is 12.1 Å². The highest BCUT2D eigenvalue weighted by Crippen LogP contribution is 1.74. The van der Waals surface area contributed by atoms with Gasteiger partial charge in [-0.1, -0.05) is 6.07 Å². The largest absolute Gasteiger partial charge is 0.336 e. The predicted molar refractivity (Wildman–Crippen MR) is 36.9 cm³/mol. The smallest absolute Gasteiger partial charge is 0.126 e. The van der Waals surface area contributed by atoms with Crippen LogP contribution in [0.3, 0.4) is 0 Å². The second kappa shape index (κ2) is 2.49. The molecule has 9 heavy (non-hydrogen) atoms. The average molecular weight is 122 g/mol. The van der Waals surface area contributed by atoms with Crippen molar-refractivity contribution in [1.29, 1.82) is 0 Å². The van der Waals surface area contributed by atoms with Crippen molar-refractivity contribution in [3.05, 3.63) is 29.9 Å². The lowest BCUT2D eigenvalue weighted by Gasteiger charge is -1.94. The van der Waals surface area contributed by atoms with Gasteiger partial charge in [-0.15, -0.1) is 0 Å². The Morgan fingerprint density at radius 2 is 2.22 bits per heavy atom. The minimum Gasteiger partial charge on any atom is -0.336 e. The number of pyridine rings is 1. The Kier molecular flexibility index (Phi) is 1.68. The fourth-order valence-electron chi connectivity index (χ4n) is 0.747. The molecule has 2 nitrogen and oxygen atoms in total. The molecule has 0 radical (unpaired) electrons. The summed E-state index contributed by atoms with van der Waals surface area (Å²) in [6.45, 7) is 0. The molecule has 0 fully saturated rings. The van der Waals surface area contributed by atoms with Crippen LogP contribution >= 0.6 is 0 Å². The van der Waals surface area contributed by atoms with Crippen molar-refractivity contribution in [3.8, 4) is 0 Å². The lowest BCUT2D eigenvalue weighted by atomic mass is 10.5. The normalized spacial score (nSPS) is 12.0. The van der Waals surface area contributed by atoms with Gasteiger partial charge in [0.15, 0.2) is 0 Å². The van der Waals surface area contributed by atoms with E-state index in [0.717, 1.165) is 5.49 Å². The van der Waals surface area contributed by atoms with Crippen LogP contribution in [0.1, 0.15) is 0 Å². The molecule has 0 spiro atoms. The molecule has 0 aliphatic heterocycles. The summed E-state index contributed by atoms with van der Waals surface area (Å²) in [6, 6.07) is 5.93. The number of rotatable bonds is 0. The number of hydrogen-bond acceptors (Lipinski definition) is 1. The van der Waals surface area contributed by atoms with E-state index in [1.54, 1.807) is 7.05 Å². The molecule has 0 unspecified atom stereocenters. The van der Waals surface area contributed by atoms with Gasteiger partial charge in [-0.25, -0.2) is 0 Å². The van der Waals surface area contributed by atoms with Crippen molar-refractivity contribution in [2.45, 2.75) is 0 Å².